The summed E-state index contributed by atoms with van der Waals surface area (Å²) in [4.78, 5) is 12.3. The lowest BCUT2D eigenvalue weighted by molar-refractivity contribution is 0.0698. The Morgan fingerprint density at radius 3 is 2.88 bits per heavy atom. The second-order valence-corrected chi connectivity index (χ2v) is 3.41. The molecule has 0 aliphatic carbocycles. The maximum atomic E-state index is 10.9. The third kappa shape index (κ3) is 2.07. The first-order chi connectivity index (χ1) is 8.11. The molecule has 0 saturated carbocycles. The quantitative estimate of drug-likeness (QED) is 0.753. The van der Waals surface area contributed by atoms with Crippen LogP contribution in [-0.4, -0.2) is 31.3 Å². The monoisotopic (exact) mass is 233 g/mol. The second-order valence-electron chi connectivity index (χ2n) is 3.41. The van der Waals surface area contributed by atoms with Crippen molar-refractivity contribution in [1.82, 2.24) is 20.2 Å². The first-order valence-corrected chi connectivity index (χ1v) is 5.02. The zero-order valence-electron chi connectivity index (χ0n) is 9.16. The molecule has 17 heavy (non-hydrogen) atoms. The molecule has 0 radical (unpaired) electrons. The Labute approximate surface area is 96.9 Å². The number of benzene rings is 1. The molecular weight excluding hydrogens is 222 g/mol. The Kier molecular flexibility index (Phi) is 2.73. The van der Waals surface area contributed by atoms with Gasteiger partial charge in [0.15, 0.2) is 0 Å². The van der Waals surface area contributed by atoms with E-state index in [1.807, 2.05) is 6.92 Å². The minimum atomic E-state index is -1.08. The van der Waals surface area contributed by atoms with Gasteiger partial charge in [-0.05, 0) is 30.3 Å². The van der Waals surface area contributed by atoms with Crippen LogP contribution in [-0.2, 0) is 6.54 Å². The van der Waals surface area contributed by atoms with Gasteiger partial charge in [0.2, 0.25) is 5.82 Å². The summed E-state index contributed by atoms with van der Waals surface area (Å²) in [6, 6.07) is 4.62. The lowest BCUT2D eigenvalue weighted by atomic mass is 10.1. The van der Waals surface area contributed by atoms with E-state index in [4.69, 9.17) is 10.8 Å². The Morgan fingerprint density at radius 1 is 1.53 bits per heavy atom. The van der Waals surface area contributed by atoms with Crippen molar-refractivity contribution >= 4 is 11.7 Å². The fraction of sp³-hybridized carbons (Fsp3) is 0.200. The van der Waals surface area contributed by atoms with Gasteiger partial charge in [-0.1, -0.05) is 0 Å². The van der Waals surface area contributed by atoms with Crippen LogP contribution in [0.2, 0.25) is 0 Å². The first-order valence-electron chi connectivity index (χ1n) is 5.02. The van der Waals surface area contributed by atoms with E-state index in [1.54, 1.807) is 6.07 Å². The number of carboxylic acids is 1. The van der Waals surface area contributed by atoms with E-state index in [-0.39, 0.29) is 11.3 Å². The molecule has 0 fully saturated rings. The van der Waals surface area contributed by atoms with Crippen LogP contribution in [0.1, 0.15) is 17.3 Å². The van der Waals surface area contributed by atoms with Gasteiger partial charge in [-0.15, -0.1) is 10.2 Å². The van der Waals surface area contributed by atoms with Crippen LogP contribution < -0.4 is 5.73 Å². The normalized spacial score (nSPS) is 10.4. The Bertz CT molecular complexity index is 564. The van der Waals surface area contributed by atoms with Crippen LogP contribution in [0.4, 0.5) is 5.69 Å². The summed E-state index contributed by atoms with van der Waals surface area (Å²) >= 11 is 0. The Balaban J connectivity index is 2.46. The number of tetrazole rings is 1. The minimum Gasteiger partial charge on any atom is -0.478 e. The van der Waals surface area contributed by atoms with Gasteiger partial charge in [0.05, 0.1) is 12.1 Å². The van der Waals surface area contributed by atoms with Crippen molar-refractivity contribution in [2.75, 3.05) is 5.73 Å². The van der Waals surface area contributed by atoms with Crippen molar-refractivity contribution in [2.45, 2.75) is 13.5 Å². The number of carbonyl (C=O) groups is 1. The summed E-state index contributed by atoms with van der Waals surface area (Å²) in [6.45, 7) is 2.49. The van der Waals surface area contributed by atoms with Gasteiger partial charge in [0.25, 0.3) is 0 Å². The lowest BCUT2D eigenvalue weighted by Crippen LogP contribution is -2.02. The van der Waals surface area contributed by atoms with Crippen molar-refractivity contribution in [3.05, 3.63) is 23.8 Å². The third-order valence-electron chi connectivity index (χ3n) is 2.28. The maximum Gasteiger partial charge on any atom is 0.337 e. The molecule has 1 heterocycles. The number of carboxylic acid groups (broad SMARTS) is 1. The molecule has 0 spiro atoms. The zero-order valence-corrected chi connectivity index (χ0v) is 9.16. The van der Waals surface area contributed by atoms with Crippen LogP contribution in [0.5, 0.6) is 0 Å². The minimum absolute atomic E-state index is 0.0374. The summed E-state index contributed by atoms with van der Waals surface area (Å²) in [5.41, 5.74) is 6.39. The van der Waals surface area contributed by atoms with Crippen LogP contribution >= 0.6 is 0 Å². The third-order valence-corrected chi connectivity index (χ3v) is 2.28. The number of hydrogen-bond donors (Lipinski definition) is 2. The van der Waals surface area contributed by atoms with E-state index in [0.717, 1.165) is 0 Å². The summed E-state index contributed by atoms with van der Waals surface area (Å²) < 4.78 is 0. The van der Waals surface area contributed by atoms with Crippen molar-refractivity contribution in [2.24, 2.45) is 0 Å². The average molecular weight is 233 g/mol. The van der Waals surface area contributed by atoms with E-state index in [2.05, 4.69) is 15.4 Å². The molecule has 1 aromatic carbocycles. The highest BCUT2D eigenvalue weighted by Gasteiger charge is 2.12. The highest BCUT2D eigenvalue weighted by molar-refractivity contribution is 5.94. The molecule has 2 rings (SSSR count). The molecule has 0 unspecified atom stereocenters. The predicted octanol–water partition coefficient (Wildman–Crippen LogP) is 0.640. The Morgan fingerprint density at radius 2 is 2.29 bits per heavy atom. The molecule has 7 nitrogen and oxygen atoms in total. The molecule has 7 heteroatoms. The number of hydrogen-bond acceptors (Lipinski definition) is 5. The summed E-state index contributed by atoms with van der Waals surface area (Å²) in [7, 11) is 0. The smallest absolute Gasteiger partial charge is 0.337 e. The van der Waals surface area contributed by atoms with Gasteiger partial charge in [-0.2, -0.15) is 4.80 Å². The molecule has 0 amide bonds. The van der Waals surface area contributed by atoms with Gasteiger partial charge < -0.3 is 10.8 Å². The lowest BCUT2D eigenvalue weighted by Gasteiger charge is -2.01. The molecule has 0 atom stereocenters. The van der Waals surface area contributed by atoms with Crippen LogP contribution in [0.25, 0.3) is 11.4 Å². The van der Waals surface area contributed by atoms with Crippen LogP contribution in [0.15, 0.2) is 18.2 Å². The summed E-state index contributed by atoms with van der Waals surface area (Å²) in [5, 5.41) is 20.7. The van der Waals surface area contributed by atoms with Crippen molar-refractivity contribution in [1.29, 1.82) is 0 Å². The fourth-order valence-corrected chi connectivity index (χ4v) is 1.37. The molecular formula is C10H11N5O2. The standard InChI is InChI=1S/C10H11N5O2/c1-2-15-13-9(12-14-15)6-3-4-8(11)7(5-6)10(16)17/h3-5H,2,11H2,1H3,(H,16,17). The number of anilines is 1. The van der Waals surface area contributed by atoms with Gasteiger partial charge in [-0.25, -0.2) is 4.79 Å². The molecule has 88 valence electrons. The van der Waals surface area contributed by atoms with Crippen LogP contribution in [0, 0.1) is 0 Å². The van der Waals surface area contributed by atoms with Gasteiger partial charge in [0.1, 0.15) is 0 Å². The fourth-order valence-electron chi connectivity index (χ4n) is 1.37. The van der Waals surface area contributed by atoms with Gasteiger partial charge >= 0.3 is 5.97 Å². The highest BCUT2D eigenvalue weighted by Crippen LogP contribution is 2.20. The van der Waals surface area contributed by atoms with Gasteiger partial charge in [-0.3, -0.25) is 0 Å². The van der Waals surface area contributed by atoms with E-state index >= 15 is 0 Å². The van der Waals surface area contributed by atoms with E-state index in [9.17, 15) is 4.79 Å². The summed E-state index contributed by atoms with van der Waals surface area (Å²) in [6.07, 6.45) is 0. The number of rotatable bonds is 3. The molecule has 2 aromatic rings. The molecule has 1 aromatic heterocycles. The number of aromatic carboxylic acids is 1. The van der Waals surface area contributed by atoms with E-state index in [1.165, 1.54) is 16.9 Å². The number of nitrogens with zero attached hydrogens (tertiary/aromatic N) is 4. The van der Waals surface area contributed by atoms with E-state index < -0.39 is 5.97 Å². The highest BCUT2D eigenvalue weighted by atomic mass is 16.4. The number of aromatic nitrogens is 4. The number of nitrogen functional groups attached to an aromatic ring is 1. The molecule has 0 bridgehead atoms. The SMILES string of the molecule is CCn1nnc(-c2ccc(N)c(C(=O)O)c2)n1. The average Bonchev–Trinajstić information content (AvgIpc) is 2.78. The molecule has 0 saturated heterocycles. The van der Waals surface area contributed by atoms with Crippen LogP contribution in [0.3, 0.4) is 0 Å². The first kappa shape index (κ1) is 11.1. The molecule has 3 N–H and O–H groups in total. The predicted molar refractivity (Wildman–Crippen MR) is 60.3 cm³/mol. The van der Waals surface area contributed by atoms with E-state index in [0.29, 0.717) is 17.9 Å². The molecule has 0 aliphatic rings. The number of nitrogens with two attached hydrogens (primary N) is 1. The molecule has 0 aliphatic heterocycles. The Hall–Kier alpha value is -2.44. The summed E-state index contributed by atoms with van der Waals surface area (Å²) in [5.74, 6) is -0.693. The van der Waals surface area contributed by atoms with Crippen molar-refractivity contribution in [3.63, 3.8) is 0 Å². The van der Waals surface area contributed by atoms with Crippen molar-refractivity contribution in [3.8, 4) is 11.4 Å². The maximum absolute atomic E-state index is 10.9. The topological polar surface area (TPSA) is 107 Å². The second kappa shape index (κ2) is 4.20. The van der Waals surface area contributed by atoms with Gasteiger partial charge in [0, 0.05) is 11.3 Å². The number of aryl methyl sites for hydroxylation is 1. The zero-order chi connectivity index (χ0) is 12.4. The largest absolute Gasteiger partial charge is 0.478 e. The van der Waals surface area contributed by atoms with Crippen molar-refractivity contribution < 1.29 is 9.90 Å².